The van der Waals surface area contributed by atoms with E-state index in [9.17, 15) is 15.3 Å². The highest BCUT2D eigenvalue weighted by atomic mass is 16.6. The summed E-state index contributed by atoms with van der Waals surface area (Å²) in [6.07, 6.45) is 6.60. The van der Waals surface area contributed by atoms with Gasteiger partial charge in [-0.05, 0) is 19.3 Å². The summed E-state index contributed by atoms with van der Waals surface area (Å²) in [6.45, 7) is 2.55. The van der Waals surface area contributed by atoms with Crippen LogP contribution in [0.25, 0.3) is 0 Å². The number of ether oxygens (including phenoxy) is 2. The Morgan fingerprint density at radius 2 is 1.95 bits per heavy atom. The van der Waals surface area contributed by atoms with E-state index in [0.29, 0.717) is 6.61 Å². The molecule has 5 heteroatoms. The Hall–Kier alpha value is -0.460. The van der Waals surface area contributed by atoms with Crippen molar-refractivity contribution in [1.29, 1.82) is 0 Å². The van der Waals surface area contributed by atoms with Crippen LogP contribution in [-0.4, -0.2) is 59.6 Å². The van der Waals surface area contributed by atoms with E-state index < -0.39 is 24.4 Å². The molecule has 20 heavy (non-hydrogen) atoms. The van der Waals surface area contributed by atoms with Crippen LogP contribution in [0.5, 0.6) is 0 Å². The van der Waals surface area contributed by atoms with Crippen LogP contribution in [0.4, 0.5) is 0 Å². The molecule has 1 aliphatic rings. The van der Waals surface area contributed by atoms with Gasteiger partial charge in [0.05, 0.1) is 13.2 Å². The van der Waals surface area contributed by atoms with Crippen molar-refractivity contribution in [1.82, 2.24) is 0 Å². The van der Waals surface area contributed by atoms with Crippen LogP contribution in [0, 0.1) is 0 Å². The van der Waals surface area contributed by atoms with Crippen LogP contribution in [0.1, 0.15) is 39.0 Å². The van der Waals surface area contributed by atoms with Gasteiger partial charge in [0, 0.05) is 6.61 Å². The molecule has 4 atom stereocenters. The number of unbranched alkanes of at least 4 members (excludes halogenated alkanes) is 3. The first-order chi connectivity index (χ1) is 9.70. The van der Waals surface area contributed by atoms with Crippen LogP contribution < -0.4 is 0 Å². The summed E-state index contributed by atoms with van der Waals surface area (Å²) in [4.78, 5) is 0. The molecule has 1 rings (SSSR count). The molecule has 0 aromatic carbocycles. The lowest BCUT2D eigenvalue weighted by molar-refractivity contribution is -0.101. The van der Waals surface area contributed by atoms with Gasteiger partial charge < -0.3 is 24.8 Å². The minimum Gasteiger partial charge on any atom is -0.394 e. The van der Waals surface area contributed by atoms with Gasteiger partial charge in [0.1, 0.15) is 24.4 Å². The molecule has 1 heterocycles. The fourth-order valence-corrected chi connectivity index (χ4v) is 2.20. The van der Waals surface area contributed by atoms with E-state index in [2.05, 4.69) is 19.1 Å². The first-order valence-corrected chi connectivity index (χ1v) is 7.55. The van der Waals surface area contributed by atoms with Crippen molar-refractivity contribution in [2.45, 2.75) is 63.4 Å². The second-order valence-corrected chi connectivity index (χ2v) is 5.20. The smallest absolute Gasteiger partial charge is 0.114 e. The maximum Gasteiger partial charge on any atom is 0.114 e. The molecule has 0 amide bonds. The molecular formula is C15H28O5. The summed E-state index contributed by atoms with van der Waals surface area (Å²) in [5.74, 6) is 0. The summed E-state index contributed by atoms with van der Waals surface area (Å²) in [7, 11) is 0. The van der Waals surface area contributed by atoms with Crippen molar-refractivity contribution in [3.63, 3.8) is 0 Å². The summed E-state index contributed by atoms with van der Waals surface area (Å²) in [5.41, 5.74) is 0. The predicted octanol–water partition coefficient (Wildman–Crippen LogP) is 1.01. The highest BCUT2D eigenvalue weighted by Gasteiger charge is 2.40. The van der Waals surface area contributed by atoms with Crippen molar-refractivity contribution < 1.29 is 24.8 Å². The summed E-state index contributed by atoms with van der Waals surface area (Å²) in [6, 6.07) is 0. The zero-order valence-corrected chi connectivity index (χ0v) is 12.3. The highest BCUT2D eigenvalue weighted by Crippen LogP contribution is 2.19. The average molecular weight is 288 g/mol. The molecule has 1 aliphatic heterocycles. The SMILES string of the molecule is CCCC/C=C/CCCO[C@@H](CO)[C@@H]1OC[C@@H](O)[C@@H]1O. The zero-order chi connectivity index (χ0) is 14.8. The number of hydrogen-bond donors (Lipinski definition) is 3. The lowest BCUT2D eigenvalue weighted by Crippen LogP contribution is -2.42. The average Bonchev–Trinajstić information content (AvgIpc) is 2.78. The molecular weight excluding hydrogens is 260 g/mol. The molecule has 0 aromatic heterocycles. The second-order valence-electron chi connectivity index (χ2n) is 5.20. The number of aliphatic hydroxyl groups excluding tert-OH is 3. The van der Waals surface area contributed by atoms with Crippen molar-refractivity contribution >= 4 is 0 Å². The van der Waals surface area contributed by atoms with Gasteiger partial charge >= 0.3 is 0 Å². The van der Waals surface area contributed by atoms with E-state index in [1.807, 2.05) is 0 Å². The van der Waals surface area contributed by atoms with Crippen LogP contribution in [0.3, 0.4) is 0 Å². The third-order valence-electron chi connectivity index (χ3n) is 3.47. The number of aliphatic hydroxyl groups is 3. The minimum absolute atomic E-state index is 0.0891. The number of hydrogen-bond acceptors (Lipinski definition) is 5. The quantitative estimate of drug-likeness (QED) is 0.413. The summed E-state index contributed by atoms with van der Waals surface area (Å²) < 4.78 is 10.8. The predicted molar refractivity (Wildman–Crippen MR) is 76.5 cm³/mol. The van der Waals surface area contributed by atoms with Gasteiger partial charge in [-0.25, -0.2) is 0 Å². The van der Waals surface area contributed by atoms with E-state index in [0.717, 1.165) is 19.3 Å². The maximum atomic E-state index is 9.70. The lowest BCUT2D eigenvalue weighted by atomic mass is 10.1. The zero-order valence-electron chi connectivity index (χ0n) is 12.3. The third-order valence-corrected chi connectivity index (χ3v) is 3.47. The molecule has 0 radical (unpaired) electrons. The number of rotatable bonds is 10. The molecule has 1 saturated heterocycles. The van der Waals surface area contributed by atoms with Crippen molar-refractivity contribution in [2.24, 2.45) is 0 Å². The minimum atomic E-state index is -0.985. The van der Waals surface area contributed by atoms with E-state index in [-0.39, 0.29) is 13.2 Å². The molecule has 118 valence electrons. The molecule has 0 saturated carbocycles. The Labute approximate surface area is 121 Å². The summed E-state index contributed by atoms with van der Waals surface area (Å²) >= 11 is 0. The van der Waals surface area contributed by atoms with E-state index in [4.69, 9.17) is 9.47 Å². The van der Waals surface area contributed by atoms with Gasteiger partial charge in [0.25, 0.3) is 0 Å². The second kappa shape index (κ2) is 10.3. The van der Waals surface area contributed by atoms with Gasteiger partial charge in [0.2, 0.25) is 0 Å². The van der Waals surface area contributed by atoms with E-state index >= 15 is 0 Å². The molecule has 1 fully saturated rings. The molecule has 0 unspecified atom stereocenters. The first-order valence-electron chi connectivity index (χ1n) is 7.55. The van der Waals surface area contributed by atoms with Crippen molar-refractivity contribution in [2.75, 3.05) is 19.8 Å². The molecule has 0 aliphatic carbocycles. The Morgan fingerprint density at radius 3 is 2.50 bits per heavy atom. The Morgan fingerprint density at radius 1 is 1.25 bits per heavy atom. The number of allylic oxidation sites excluding steroid dienone is 2. The topological polar surface area (TPSA) is 79.2 Å². The van der Waals surface area contributed by atoms with Crippen molar-refractivity contribution in [3.8, 4) is 0 Å². The van der Waals surface area contributed by atoms with Gasteiger partial charge in [-0.1, -0.05) is 31.9 Å². The Balaban J connectivity index is 2.14. The lowest BCUT2D eigenvalue weighted by Gasteiger charge is -2.24. The van der Waals surface area contributed by atoms with Gasteiger partial charge in [-0.2, -0.15) is 0 Å². The van der Waals surface area contributed by atoms with Crippen LogP contribution in [-0.2, 0) is 9.47 Å². The molecule has 5 nitrogen and oxygen atoms in total. The molecule has 0 aromatic rings. The molecule has 0 spiro atoms. The first kappa shape index (κ1) is 17.6. The molecule has 3 N–H and O–H groups in total. The van der Waals surface area contributed by atoms with Gasteiger partial charge in [-0.15, -0.1) is 0 Å². The summed E-state index contributed by atoms with van der Waals surface area (Å²) in [5, 5.41) is 28.4. The van der Waals surface area contributed by atoms with Crippen molar-refractivity contribution in [3.05, 3.63) is 12.2 Å². The van der Waals surface area contributed by atoms with Gasteiger partial charge in [0.15, 0.2) is 0 Å². The standard InChI is InChI=1S/C15H28O5/c1-2-3-4-5-6-7-8-9-19-13(10-16)15-14(18)12(17)11-20-15/h5-6,12-18H,2-4,7-11H2,1H3/b6-5+/t12-,13+,14+,15+/m1/s1. The molecule has 0 bridgehead atoms. The van der Waals surface area contributed by atoms with Gasteiger partial charge in [-0.3, -0.25) is 0 Å². The Kier molecular flexibility index (Phi) is 9.05. The highest BCUT2D eigenvalue weighted by molar-refractivity contribution is 4.88. The van der Waals surface area contributed by atoms with Crippen LogP contribution >= 0.6 is 0 Å². The normalized spacial score (nSPS) is 28.3. The third kappa shape index (κ3) is 5.89. The largest absolute Gasteiger partial charge is 0.394 e. The monoisotopic (exact) mass is 288 g/mol. The van der Waals surface area contributed by atoms with Crippen LogP contribution in [0.2, 0.25) is 0 Å². The Bertz CT molecular complexity index is 269. The van der Waals surface area contributed by atoms with E-state index in [1.165, 1.54) is 12.8 Å². The van der Waals surface area contributed by atoms with E-state index in [1.54, 1.807) is 0 Å². The fraction of sp³-hybridized carbons (Fsp3) is 0.867. The fourth-order valence-electron chi connectivity index (χ4n) is 2.20. The maximum absolute atomic E-state index is 9.70. The van der Waals surface area contributed by atoms with Crippen LogP contribution in [0.15, 0.2) is 12.2 Å².